The van der Waals surface area contributed by atoms with Gasteiger partial charge in [-0.05, 0) is 67.7 Å². The summed E-state index contributed by atoms with van der Waals surface area (Å²) in [6.45, 7) is 0. The third-order valence-corrected chi connectivity index (χ3v) is 7.23. The largest absolute Gasteiger partial charge is 0.460 e. The first-order valence-electron chi connectivity index (χ1n) is 19.9. The number of fused-ring (bicyclic) bond motifs is 8. The average Bonchev–Trinajstić information content (AvgIpc) is 3.78. The molecule has 0 amide bonds. The molecule has 9 aromatic rings. The first-order chi connectivity index (χ1) is 26.1. The summed E-state index contributed by atoms with van der Waals surface area (Å²) in [5.74, 6) is 0. The van der Waals surface area contributed by atoms with Crippen LogP contribution >= 0.6 is 0 Å². The molecule has 2 heterocycles. The highest BCUT2D eigenvalue weighted by atomic mass is 16.4. The molecule has 0 fully saturated rings. The molecule has 40 heavy (non-hydrogen) atoms. The predicted molar refractivity (Wildman–Crippen MR) is 167 cm³/mol. The number of furan rings is 2. The molecule has 0 unspecified atom stereocenters. The predicted octanol–water partition coefficient (Wildman–Crippen LogP) is 11.1. The molecule has 0 bridgehead atoms. The van der Waals surface area contributed by atoms with E-state index < -0.39 is 113 Å². The maximum absolute atomic E-state index is 9.37. The van der Waals surface area contributed by atoms with Crippen molar-refractivity contribution in [2.75, 3.05) is 0 Å². The first kappa shape index (κ1) is 11.8. The minimum Gasteiger partial charge on any atom is -0.460 e. The zero-order valence-electron chi connectivity index (χ0n) is 35.4. The van der Waals surface area contributed by atoms with Crippen molar-refractivity contribution >= 4 is 65.2 Å². The summed E-state index contributed by atoms with van der Waals surface area (Å²) in [6.07, 6.45) is 1.31. The fourth-order valence-electron chi connectivity index (χ4n) is 5.52. The summed E-state index contributed by atoms with van der Waals surface area (Å²) < 4.78 is 145. The summed E-state index contributed by atoms with van der Waals surface area (Å²) in [4.78, 5) is 0. The Labute approximate surface area is 250 Å². The van der Waals surface area contributed by atoms with Gasteiger partial charge >= 0.3 is 0 Å². The molecular formula is C38H22O2. The van der Waals surface area contributed by atoms with Crippen molar-refractivity contribution in [3.05, 3.63) is 133 Å². The average molecular weight is 526 g/mol. The second-order valence-corrected chi connectivity index (χ2v) is 9.32. The Morgan fingerprint density at radius 3 is 1.93 bits per heavy atom. The molecule has 0 saturated carbocycles. The molecule has 2 heteroatoms. The van der Waals surface area contributed by atoms with Crippen molar-refractivity contribution in [2.24, 2.45) is 0 Å². The normalized spacial score (nSPS) is 17.2. The Morgan fingerprint density at radius 2 is 1.15 bits per heavy atom. The zero-order chi connectivity index (χ0) is 39.3. The van der Waals surface area contributed by atoms with Gasteiger partial charge in [-0.25, -0.2) is 0 Å². The van der Waals surface area contributed by atoms with Gasteiger partial charge in [-0.2, -0.15) is 0 Å². The maximum atomic E-state index is 9.37. The molecule has 0 aliphatic rings. The SMILES string of the molecule is [2H]c1c([2H])c([2H])c2c([2H])c(-c3c4c([2H])c([2H])c([2H])c([2H])c4c(-c4coc5c4ccc4c6ccccc6oc45)c4c([2H])c([2H])c([2H])c([2H])c34)c([2H])c([2H])c2c1[2H]. The minimum absolute atomic E-state index is 0.0474. The quantitative estimate of drug-likeness (QED) is 0.210. The van der Waals surface area contributed by atoms with Crippen LogP contribution in [0.25, 0.3) is 87.5 Å². The van der Waals surface area contributed by atoms with Gasteiger partial charge in [-0.1, -0.05) is 103 Å². The summed E-state index contributed by atoms with van der Waals surface area (Å²) in [5, 5.41) is -0.0581. The molecule has 2 nitrogen and oxygen atoms in total. The second kappa shape index (κ2) is 8.08. The molecule has 0 saturated heterocycles. The lowest BCUT2D eigenvalue weighted by molar-refractivity contribution is 0.601. The highest BCUT2D eigenvalue weighted by Gasteiger charge is 2.21. The van der Waals surface area contributed by atoms with Crippen molar-refractivity contribution in [3.63, 3.8) is 0 Å². The fourth-order valence-corrected chi connectivity index (χ4v) is 5.52. The van der Waals surface area contributed by atoms with Crippen LogP contribution in [0.4, 0.5) is 0 Å². The van der Waals surface area contributed by atoms with E-state index in [1.54, 1.807) is 18.2 Å². The third-order valence-electron chi connectivity index (χ3n) is 7.23. The summed E-state index contributed by atoms with van der Waals surface area (Å²) in [6, 6.07) is 0.583. The van der Waals surface area contributed by atoms with Crippen LogP contribution in [0.3, 0.4) is 0 Å². The van der Waals surface area contributed by atoms with E-state index in [4.69, 9.17) is 21.2 Å². The molecule has 9 rings (SSSR count). The smallest absolute Gasteiger partial charge is 0.178 e. The molecule has 0 spiro atoms. The fraction of sp³-hybridized carbons (Fsp3) is 0. The Hall–Kier alpha value is -5.34. The lowest BCUT2D eigenvalue weighted by atomic mass is 9.85. The van der Waals surface area contributed by atoms with E-state index >= 15 is 0 Å². The van der Waals surface area contributed by atoms with E-state index in [1.807, 2.05) is 18.2 Å². The molecule has 2 aromatic heterocycles. The summed E-state index contributed by atoms with van der Waals surface area (Å²) in [5.41, 5.74) is 0.463. The monoisotopic (exact) mass is 525 g/mol. The van der Waals surface area contributed by atoms with Gasteiger partial charge in [-0.3, -0.25) is 0 Å². The van der Waals surface area contributed by atoms with Crippen LogP contribution in [0.15, 0.2) is 142 Å². The zero-order valence-corrected chi connectivity index (χ0v) is 20.4. The van der Waals surface area contributed by atoms with Gasteiger partial charge in [0.05, 0.1) is 26.8 Å². The number of rotatable bonds is 2. The lowest BCUT2D eigenvalue weighted by Crippen LogP contribution is -1.90. The van der Waals surface area contributed by atoms with Gasteiger partial charge in [0, 0.05) is 27.3 Å². The van der Waals surface area contributed by atoms with Gasteiger partial charge in [0.25, 0.3) is 0 Å². The molecular weight excluding hydrogens is 488 g/mol. The Morgan fingerprint density at radius 1 is 0.500 bits per heavy atom. The van der Waals surface area contributed by atoms with Gasteiger partial charge in [0.15, 0.2) is 11.2 Å². The highest BCUT2D eigenvalue weighted by Crippen LogP contribution is 2.47. The van der Waals surface area contributed by atoms with Crippen LogP contribution in [-0.2, 0) is 0 Å². The Balaban J connectivity index is 1.58. The van der Waals surface area contributed by atoms with Crippen LogP contribution in [0.5, 0.6) is 0 Å². The topological polar surface area (TPSA) is 26.3 Å². The molecule has 0 aliphatic heterocycles. The van der Waals surface area contributed by atoms with Crippen LogP contribution in [0, 0.1) is 0 Å². The first-order valence-corrected chi connectivity index (χ1v) is 12.4. The molecule has 0 N–H and O–H groups in total. The summed E-state index contributed by atoms with van der Waals surface area (Å²) in [7, 11) is 0. The van der Waals surface area contributed by atoms with Gasteiger partial charge in [0.2, 0.25) is 0 Å². The number of hydrogen-bond acceptors (Lipinski definition) is 2. The molecule has 0 radical (unpaired) electrons. The molecule has 7 aromatic carbocycles. The van der Waals surface area contributed by atoms with Gasteiger partial charge in [0.1, 0.15) is 5.58 Å². The van der Waals surface area contributed by atoms with E-state index in [0.717, 1.165) is 10.8 Å². The van der Waals surface area contributed by atoms with Crippen LogP contribution in [-0.4, -0.2) is 0 Å². The standard InChI is InChI=1S/C38H22O2/c1-2-10-24-21-25(18-17-23(24)9-1)35-27-12-3-5-14-29(27)36(30-15-6-4-13-28(30)35)33-22-39-37-32(33)20-19-31-26-11-7-8-16-34(26)40-38(31)37/h1-22H/i1D,2D,3D,4D,5D,6D,9D,10D,12D,13D,14D,15D,17D,18D,21D. The number of hydrogen-bond donors (Lipinski definition) is 0. The third kappa shape index (κ3) is 2.93. The molecule has 0 atom stereocenters. The van der Waals surface area contributed by atoms with Crippen LogP contribution in [0.1, 0.15) is 20.6 Å². The van der Waals surface area contributed by atoms with Gasteiger partial charge in [-0.15, -0.1) is 0 Å². The van der Waals surface area contributed by atoms with E-state index in [1.165, 1.54) is 6.26 Å². The van der Waals surface area contributed by atoms with Crippen molar-refractivity contribution in [2.45, 2.75) is 0 Å². The minimum atomic E-state index is -0.751. The van der Waals surface area contributed by atoms with E-state index in [2.05, 4.69) is 0 Å². The van der Waals surface area contributed by atoms with Crippen LogP contribution in [0.2, 0.25) is 0 Å². The summed E-state index contributed by atoms with van der Waals surface area (Å²) >= 11 is 0. The second-order valence-electron chi connectivity index (χ2n) is 9.32. The van der Waals surface area contributed by atoms with Crippen molar-refractivity contribution in [1.29, 1.82) is 0 Å². The number of para-hydroxylation sites is 1. The maximum Gasteiger partial charge on any atom is 0.178 e. The van der Waals surface area contributed by atoms with Gasteiger partial charge < -0.3 is 8.83 Å². The van der Waals surface area contributed by atoms with E-state index in [-0.39, 0.29) is 38.3 Å². The highest BCUT2D eigenvalue weighted by molar-refractivity contribution is 6.25. The van der Waals surface area contributed by atoms with E-state index in [0.29, 0.717) is 16.6 Å². The number of benzene rings is 7. The van der Waals surface area contributed by atoms with Crippen molar-refractivity contribution in [3.8, 4) is 22.3 Å². The van der Waals surface area contributed by atoms with Crippen LogP contribution < -0.4 is 0 Å². The molecule has 0 aliphatic carbocycles. The molecule has 186 valence electrons. The lowest BCUT2D eigenvalue weighted by Gasteiger charge is -2.17. The Bertz CT molecular complexity index is 3190. The van der Waals surface area contributed by atoms with E-state index in [9.17, 15) is 8.22 Å². The van der Waals surface area contributed by atoms with Crippen molar-refractivity contribution in [1.82, 2.24) is 0 Å². The van der Waals surface area contributed by atoms with Crippen molar-refractivity contribution < 1.29 is 29.4 Å². The Kier molecular flexibility index (Phi) is 2.39.